The number of hydrogen-bond donors (Lipinski definition) is 1. The Balaban J connectivity index is 1.61. The number of carbonyl (C=O) groups is 1. The fraction of sp³-hybridized carbons (Fsp3) is 0. The summed E-state index contributed by atoms with van der Waals surface area (Å²) in [7, 11) is 0. The van der Waals surface area contributed by atoms with Crippen molar-refractivity contribution in [1.29, 1.82) is 0 Å². The third-order valence-corrected chi connectivity index (χ3v) is 4.95. The molecule has 0 spiro atoms. The monoisotopic (exact) mass is 375 g/mol. The first-order valence-electron chi connectivity index (χ1n) is 8.12. The number of non-ortho nitro benzene ring substituents is 1. The third-order valence-electron chi connectivity index (χ3n) is 4.04. The zero-order chi connectivity index (χ0) is 18.8. The van der Waals surface area contributed by atoms with Gasteiger partial charge in [-0.05, 0) is 47.0 Å². The quantitative estimate of drug-likeness (QED) is 0.411. The predicted molar refractivity (Wildman–Crippen MR) is 108 cm³/mol. The number of benzene rings is 3. The van der Waals surface area contributed by atoms with Crippen LogP contribution < -0.4 is 5.32 Å². The second-order valence-electron chi connectivity index (χ2n) is 5.83. The van der Waals surface area contributed by atoms with Gasteiger partial charge in [0.2, 0.25) is 0 Å². The highest BCUT2D eigenvalue weighted by atomic mass is 32.2. The number of rotatable bonds is 3. The number of aliphatic imine (C=N–C) groups is 1. The molecule has 0 aliphatic carbocycles. The van der Waals surface area contributed by atoms with Crippen molar-refractivity contribution in [2.75, 3.05) is 0 Å². The molecule has 132 valence electrons. The van der Waals surface area contributed by atoms with Gasteiger partial charge in [0.05, 0.1) is 15.5 Å². The Hall–Kier alpha value is -3.45. The van der Waals surface area contributed by atoms with Crippen molar-refractivity contribution in [1.82, 2.24) is 5.32 Å². The van der Waals surface area contributed by atoms with E-state index in [0.29, 0.717) is 15.6 Å². The van der Waals surface area contributed by atoms with E-state index >= 15 is 0 Å². The molecule has 1 amide bonds. The van der Waals surface area contributed by atoms with Crippen LogP contribution >= 0.6 is 11.8 Å². The lowest BCUT2D eigenvalue weighted by atomic mass is 10.1. The van der Waals surface area contributed by atoms with Crippen molar-refractivity contribution in [3.8, 4) is 0 Å². The minimum atomic E-state index is -0.455. The number of nitrogens with zero attached hydrogens (tertiary/aromatic N) is 2. The Labute approximate surface area is 158 Å². The number of amides is 1. The molecule has 27 heavy (non-hydrogen) atoms. The summed E-state index contributed by atoms with van der Waals surface area (Å²) in [5, 5.41) is 16.1. The van der Waals surface area contributed by atoms with Crippen LogP contribution in [0.25, 0.3) is 16.8 Å². The number of amidine groups is 1. The van der Waals surface area contributed by atoms with E-state index in [1.807, 2.05) is 42.5 Å². The van der Waals surface area contributed by atoms with E-state index in [0.717, 1.165) is 16.5 Å². The average molecular weight is 375 g/mol. The number of fused-ring (bicyclic) bond motifs is 1. The minimum Gasteiger partial charge on any atom is -0.300 e. The standard InChI is InChI=1S/C20H13N3O3S/c24-19-18(12-13-8-10-15(11-9-13)23(25)26)27-20(22-19)21-17-7-3-5-14-4-1-2-6-16(14)17/h1-12H,(H,21,22,24). The Morgan fingerprint density at radius 3 is 2.52 bits per heavy atom. The summed E-state index contributed by atoms with van der Waals surface area (Å²) in [6, 6.07) is 19.8. The molecule has 0 atom stereocenters. The molecular weight excluding hydrogens is 362 g/mol. The smallest absolute Gasteiger partial charge is 0.269 e. The van der Waals surface area contributed by atoms with Gasteiger partial charge >= 0.3 is 0 Å². The molecule has 1 N–H and O–H groups in total. The number of hydrogen-bond acceptors (Lipinski definition) is 5. The van der Waals surface area contributed by atoms with Gasteiger partial charge in [0.1, 0.15) is 0 Å². The highest BCUT2D eigenvalue weighted by molar-refractivity contribution is 8.18. The Kier molecular flexibility index (Phi) is 4.43. The van der Waals surface area contributed by atoms with Crippen LogP contribution in [0, 0.1) is 10.1 Å². The number of nitrogens with one attached hydrogen (secondary N) is 1. The Morgan fingerprint density at radius 1 is 1.00 bits per heavy atom. The minimum absolute atomic E-state index is 0.0129. The summed E-state index contributed by atoms with van der Waals surface area (Å²) in [5.41, 5.74) is 1.51. The molecule has 0 saturated carbocycles. The second kappa shape index (κ2) is 7.05. The van der Waals surface area contributed by atoms with Crippen LogP contribution in [-0.2, 0) is 4.79 Å². The van der Waals surface area contributed by atoms with Gasteiger partial charge in [0, 0.05) is 17.5 Å². The van der Waals surface area contributed by atoms with Crippen LogP contribution in [-0.4, -0.2) is 16.0 Å². The van der Waals surface area contributed by atoms with Gasteiger partial charge in [-0.15, -0.1) is 0 Å². The molecule has 3 aromatic rings. The number of nitro benzene ring substituents is 1. The SMILES string of the molecule is O=C1NC(=Nc2cccc3ccccc23)SC1=Cc1ccc([N+](=O)[O-])cc1. The van der Waals surface area contributed by atoms with Crippen molar-refractivity contribution in [3.05, 3.63) is 87.3 Å². The van der Waals surface area contributed by atoms with E-state index < -0.39 is 4.92 Å². The van der Waals surface area contributed by atoms with Crippen LogP contribution in [0.3, 0.4) is 0 Å². The van der Waals surface area contributed by atoms with Crippen LogP contribution in [0.15, 0.2) is 76.6 Å². The fourth-order valence-electron chi connectivity index (χ4n) is 2.74. The molecule has 6 nitrogen and oxygen atoms in total. The predicted octanol–water partition coefficient (Wildman–Crippen LogP) is 4.64. The molecule has 4 rings (SSSR count). The summed E-state index contributed by atoms with van der Waals surface area (Å²) >= 11 is 1.24. The lowest BCUT2D eigenvalue weighted by molar-refractivity contribution is -0.384. The Bertz CT molecular complexity index is 1120. The van der Waals surface area contributed by atoms with Crippen LogP contribution in [0.1, 0.15) is 5.56 Å². The first kappa shape index (κ1) is 17.0. The maximum atomic E-state index is 12.2. The van der Waals surface area contributed by atoms with E-state index in [1.165, 1.54) is 23.9 Å². The van der Waals surface area contributed by atoms with Crippen molar-refractivity contribution in [2.24, 2.45) is 4.99 Å². The van der Waals surface area contributed by atoms with Crippen molar-refractivity contribution >= 4 is 51.1 Å². The molecule has 1 fully saturated rings. The molecule has 7 heteroatoms. The summed E-state index contributed by atoms with van der Waals surface area (Å²) < 4.78 is 0. The molecule has 0 radical (unpaired) electrons. The summed E-state index contributed by atoms with van der Waals surface area (Å²) in [4.78, 5) is 27.6. The van der Waals surface area contributed by atoms with Gasteiger partial charge in [-0.25, -0.2) is 4.99 Å². The molecule has 1 aliphatic heterocycles. The Morgan fingerprint density at radius 2 is 1.74 bits per heavy atom. The molecule has 1 heterocycles. The summed E-state index contributed by atoms with van der Waals surface area (Å²) in [5.74, 6) is -0.239. The highest BCUT2D eigenvalue weighted by Crippen LogP contribution is 2.31. The molecular formula is C20H13N3O3S. The van der Waals surface area contributed by atoms with Crippen molar-refractivity contribution in [2.45, 2.75) is 0 Å². The van der Waals surface area contributed by atoms with Gasteiger partial charge in [-0.2, -0.15) is 0 Å². The number of nitro groups is 1. The van der Waals surface area contributed by atoms with Crippen LogP contribution in [0.5, 0.6) is 0 Å². The first-order chi connectivity index (χ1) is 13.1. The topological polar surface area (TPSA) is 84.6 Å². The van der Waals surface area contributed by atoms with Crippen molar-refractivity contribution in [3.63, 3.8) is 0 Å². The van der Waals surface area contributed by atoms with Crippen molar-refractivity contribution < 1.29 is 9.72 Å². The van der Waals surface area contributed by atoms with E-state index in [-0.39, 0.29) is 11.6 Å². The van der Waals surface area contributed by atoms with Gasteiger partial charge in [0.15, 0.2) is 5.17 Å². The number of thioether (sulfide) groups is 1. The van der Waals surface area contributed by atoms with E-state index in [1.54, 1.807) is 18.2 Å². The van der Waals surface area contributed by atoms with Crippen LogP contribution in [0.2, 0.25) is 0 Å². The van der Waals surface area contributed by atoms with Gasteiger partial charge in [-0.3, -0.25) is 14.9 Å². The zero-order valence-corrected chi connectivity index (χ0v) is 14.8. The van der Waals surface area contributed by atoms with E-state index in [9.17, 15) is 14.9 Å². The van der Waals surface area contributed by atoms with E-state index in [4.69, 9.17) is 0 Å². The van der Waals surface area contributed by atoms with Crippen LogP contribution in [0.4, 0.5) is 11.4 Å². The fourth-order valence-corrected chi connectivity index (χ4v) is 3.57. The molecule has 1 saturated heterocycles. The highest BCUT2D eigenvalue weighted by Gasteiger charge is 2.24. The van der Waals surface area contributed by atoms with Gasteiger partial charge in [-0.1, -0.05) is 36.4 Å². The lowest BCUT2D eigenvalue weighted by Crippen LogP contribution is -2.19. The lowest BCUT2D eigenvalue weighted by Gasteiger charge is -2.02. The average Bonchev–Trinajstić information content (AvgIpc) is 3.01. The zero-order valence-electron chi connectivity index (χ0n) is 14.0. The molecule has 0 aromatic heterocycles. The third kappa shape index (κ3) is 3.58. The summed E-state index contributed by atoms with van der Waals surface area (Å²) in [6.45, 7) is 0. The van der Waals surface area contributed by atoms with Gasteiger partial charge in [0.25, 0.3) is 11.6 Å². The second-order valence-corrected chi connectivity index (χ2v) is 6.86. The maximum Gasteiger partial charge on any atom is 0.269 e. The molecule has 0 bridgehead atoms. The molecule has 1 aliphatic rings. The molecule has 3 aromatic carbocycles. The first-order valence-corrected chi connectivity index (χ1v) is 8.93. The largest absolute Gasteiger partial charge is 0.300 e. The maximum absolute atomic E-state index is 12.2. The number of carbonyl (C=O) groups excluding carboxylic acids is 1. The van der Waals surface area contributed by atoms with E-state index in [2.05, 4.69) is 10.3 Å². The molecule has 0 unspecified atom stereocenters. The summed E-state index contributed by atoms with van der Waals surface area (Å²) in [6.07, 6.45) is 1.69. The van der Waals surface area contributed by atoms with Gasteiger partial charge < -0.3 is 5.32 Å². The normalized spacial score (nSPS) is 16.8.